The van der Waals surface area contributed by atoms with Gasteiger partial charge in [-0.15, -0.1) is 13.2 Å². The maximum absolute atomic E-state index is 12.0. The van der Waals surface area contributed by atoms with Crippen LogP contribution in [0.4, 0.5) is 4.39 Å². The summed E-state index contributed by atoms with van der Waals surface area (Å²) in [6.45, 7) is 7.00. The Morgan fingerprint density at radius 2 is 2.24 bits per heavy atom. The maximum Gasteiger partial charge on any atom is 0.125 e. The number of hydrogen-bond acceptors (Lipinski definition) is 3. The molecule has 1 unspecified atom stereocenters. The summed E-state index contributed by atoms with van der Waals surface area (Å²) in [5.74, 6) is 0. The van der Waals surface area contributed by atoms with Crippen molar-refractivity contribution in [3.05, 3.63) is 53.7 Å². The quantitative estimate of drug-likeness (QED) is 0.655. The summed E-state index contributed by atoms with van der Waals surface area (Å²) >= 11 is 5.96. The van der Waals surface area contributed by atoms with Crippen molar-refractivity contribution in [1.29, 1.82) is 5.26 Å². The van der Waals surface area contributed by atoms with Crippen molar-refractivity contribution < 1.29 is 9.50 Å². The Morgan fingerprint density at radius 3 is 2.71 bits per heavy atom. The van der Waals surface area contributed by atoms with E-state index in [0.29, 0.717) is 17.0 Å². The lowest BCUT2D eigenvalue weighted by molar-refractivity contribution is 0.201. The molecule has 0 radical (unpaired) electrons. The highest BCUT2D eigenvalue weighted by atomic mass is 35.5. The van der Waals surface area contributed by atoms with E-state index in [-0.39, 0.29) is 0 Å². The van der Waals surface area contributed by atoms with Gasteiger partial charge in [0.05, 0.1) is 16.7 Å². The third-order valence-corrected chi connectivity index (χ3v) is 2.69. The normalized spacial score (nSPS) is 12.4. The second kappa shape index (κ2) is 10.8. The van der Waals surface area contributed by atoms with Crippen LogP contribution in [0.2, 0.25) is 5.02 Å². The van der Waals surface area contributed by atoms with E-state index in [1.807, 2.05) is 6.07 Å². The van der Waals surface area contributed by atoms with Crippen LogP contribution in [0.5, 0.6) is 0 Å². The lowest BCUT2D eigenvalue weighted by Gasteiger charge is -2.10. The van der Waals surface area contributed by atoms with E-state index in [0.717, 1.165) is 17.4 Å². The Hall–Kier alpha value is -1.96. The van der Waals surface area contributed by atoms with Crippen LogP contribution >= 0.6 is 11.6 Å². The first-order chi connectivity index (χ1) is 10.1. The van der Waals surface area contributed by atoms with Crippen LogP contribution < -0.4 is 0 Å². The number of rotatable bonds is 5. The van der Waals surface area contributed by atoms with Gasteiger partial charge in [-0.3, -0.25) is 4.99 Å². The lowest BCUT2D eigenvalue weighted by atomic mass is 10.00. The summed E-state index contributed by atoms with van der Waals surface area (Å²) in [7, 11) is 0. The zero-order valence-electron chi connectivity index (χ0n) is 11.9. The van der Waals surface area contributed by atoms with Crippen molar-refractivity contribution in [2.45, 2.75) is 19.4 Å². The highest BCUT2D eigenvalue weighted by molar-refractivity contribution is 6.31. The van der Waals surface area contributed by atoms with Crippen molar-refractivity contribution in [2.24, 2.45) is 4.99 Å². The topological polar surface area (TPSA) is 56.4 Å². The molecule has 1 rings (SSSR count). The minimum Gasteiger partial charge on any atom is -0.393 e. The van der Waals surface area contributed by atoms with E-state index in [4.69, 9.17) is 16.9 Å². The fourth-order valence-electron chi connectivity index (χ4n) is 1.55. The molecule has 3 nitrogen and oxygen atoms in total. The predicted octanol–water partition coefficient (Wildman–Crippen LogP) is 4.17. The first-order valence-corrected chi connectivity index (χ1v) is 6.61. The highest BCUT2D eigenvalue weighted by Crippen LogP contribution is 2.25. The van der Waals surface area contributed by atoms with Crippen LogP contribution in [0.15, 0.2) is 42.5 Å². The SMILES string of the molecule is C=C.CC(O)C/C(=C\N=CCF)c1ccc(C#N)c(Cl)c1. The molecule has 0 saturated carbocycles. The van der Waals surface area contributed by atoms with Crippen LogP contribution in [-0.2, 0) is 0 Å². The Labute approximate surface area is 129 Å². The fourth-order valence-corrected chi connectivity index (χ4v) is 1.77. The van der Waals surface area contributed by atoms with Crippen LogP contribution in [0.25, 0.3) is 5.57 Å². The first-order valence-electron chi connectivity index (χ1n) is 6.23. The minimum absolute atomic E-state index is 0.339. The number of aliphatic hydroxyl groups is 1. The molecular formula is C16H18ClFN2O. The molecule has 0 heterocycles. The number of benzene rings is 1. The van der Waals surface area contributed by atoms with E-state index in [9.17, 15) is 9.50 Å². The number of aliphatic imine (C=N–C) groups is 1. The number of alkyl halides is 1. The van der Waals surface area contributed by atoms with E-state index >= 15 is 0 Å². The Bertz CT molecular complexity index is 548. The third-order valence-electron chi connectivity index (χ3n) is 2.38. The van der Waals surface area contributed by atoms with Gasteiger partial charge in [-0.05, 0) is 30.2 Å². The molecule has 0 aliphatic rings. The van der Waals surface area contributed by atoms with E-state index in [1.54, 1.807) is 25.1 Å². The monoisotopic (exact) mass is 308 g/mol. The molecule has 0 saturated heterocycles. The number of nitrogens with zero attached hydrogens (tertiary/aromatic N) is 2. The van der Waals surface area contributed by atoms with E-state index in [1.165, 1.54) is 6.20 Å². The number of hydrogen-bond donors (Lipinski definition) is 1. The smallest absolute Gasteiger partial charge is 0.125 e. The molecule has 21 heavy (non-hydrogen) atoms. The summed E-state index contributed by atoms with van der Waals surface area (Å²) in [5, 5.41) is 18.6. The van der Waals surface area contributed by atoms with Crippen molar-refractivity contribution >= 4 is 23.4 Å². The van der Waals surface area contributed by atoms with Crippen LogP contribution in [0, 0.1) is 11.3 Å². The number of halogens is 2. The average molecular weight is 309 g/mol. The molecule has 0 aromatic heterocycles. The second-order valence-corrected chi connectivity index (χ2v) is 4.41. The van der Waals surface area contributed by atoms with Gasteiger partial charge in [-0.2, -0.15) is 5.26 Å². The molecular weight excluding hydrogens is 291 g/mol. The molecule has 0 fully saturated rings. The van der Waals surface area contributed by atoms with E-state index in [2.05, 4.69) is 18.2 Å². The van der Waals surface area contributed by atoms with Crippen LogP contribution in [0.1, 0.15) is 24.5 Å². The zero-order valence-corrected chi connectivity index (χ0v) is 12.6. The van der Waals surface area contributed by atoms with Gasteiger partial charge in [0, 0.05) is 18.8 Å². The van der Waals surface area contributed by atoms with Gasteiger partial charge in [0.25, 0.3) is 0 Å². The summed E-state index contributed by atoms with van der Waals surface area (Å²) in [5.41, 5.74) is 1.86. The fraction of sp³-hybridized carbons (Fsp3) is 0.250. The number of aliphatic hydroxyl groups excluding tert-OH is 1. The minimum atomic E-state index is -0.646. The average Bonchev–Trinajstić information content (AvgIpc) is 2.48. The molecule has 0 bridgehead atoms. The second-order valence-electron chi connectivity index (χ2n) is 4.00. The largest absolute Gasteiger partial charge is 0.393 e. The van der Waals surface area contributed by atoms with E-state index < -0.39 is 12.8 Å². The Morgan fingerprint density at radius 1 is 1.57 bits per heavy atom. The standard InChI is InChI=1S/C14H14ClFN2O.C2H4/c1-10(19)6-13(9-18-5-4-16)11-2-3-12(8-17)14(15)7-11;1-2/h2-3,5,7,9-10,19H,4,6H2,1H3;1-2H2/b13-9+,18-5?;. The third kappa shape index (κ3) is 6.84. The molecule has 0 amide bonds. The van der Waals surface area contributed by atoms with Gasteiger partial charge in [-0.1, -0.05) is 17.7 Å². The van der Waals surface area contributed by atoms with Gasteiger partial charge in [0.2, 0.25) is 0 Å². The van der Waals surface area contributed by atoms with Crippen molar-refractivity contribution in [3.8, 4) is 6.07 Å². The molecule has 0 aliphatic carbocycles. The summed E-state index contributed by atoms with van der Waals surface area (Å²) < 4.78 is 12.0. The summed E-state index contributed by atoms with van der Waals surface area (Å²) in [6.07, 6.45) is 2.43. The first kappa shape index (κ1) is 19.0. The molecule has 112 valence electrons. The van der Waals surface area contributed by atoms with Gasteiger partial charge < -0.3 is 5.11 Å². The number of nitriles is 1. The van der Waals surface area contributed by atoms with Crippen LogP contribution in [-0.4, -0.2) is 24.1 Å². The van der Waals surface area contributed by atoms with Crippen molar-refractivity contribution in [3.63, 3.8) is 0 Å². The molecule has 5 heteroatoms. The molecule has 0 aliphatic heterocycles. The van der Waals surface area contributed by atoms with Crippen molar-refractivity contribution in [1.82, 2.24) is 0 Å². The van der Waals surface area contributed by atoms with Gasteiger partial charge >= 0.3 is 0 Å². The zero-order chi connectivity index (χ0) is 16.3. The summed E-state index contributed by atoms with van der Waals surface area (Å²) in [6, 6.07) is 6.94. The maximum atomic E-state index is 12.0. The van der Waals surface area contributed by atoms with Crippen molar-refractivity contribution in [2.75, 3.05) is 6.67 Å². The highest BCUT2D eigenvalue weighted by Gasteiger charge is 2.08. The van der Waals surface area contributed by atoms with Gasteiger partial charge in [0.1, 0.15) is 12.7 Å². The Kier molecular flexibility index (Phi) is 9.78. The molecule has 1 aromatic rings. The van der Waals surface area contributed by atoms with Gasteiger partial charge in [0.15, 0.2) is 0 Å². The molecule has 1 atom stereocenters. The summed E-state index contributed by atoms with van der Waals surface area (Å²) in [4.78, 5) is 3.81. The molecule has 1 aromatic carbocycles. The lowest BCUT2D eigenvalue weighted by Crippen LogP contribution is -2.01. The Balaban J connectivity index is 0.00000191. The van der Waals surface area contributed by atoms with Crippen LogP contribution in [0.3, 0.4) is 0 Å². The predicted molar refractivity (Wildman–Crippen MR) is 86.2 cm³/mol. The molecule has 0 spiro atoms. The molecule has 1 N–H and O–H groups in total. The van der Waals surface area contributed by atoms with Gasteiger partial charge in [-0.25, -0.2) is 4.39 Å².